The van der Waals surface area contributed by atoms with E-state index in [0.717, 1.165) is 9.87 Å². The van der Waals surface area contributed by atoms with Crippen LogP contribution in [-0.4, -0.2) is 33.2 Å². The van der Waals surface area contributed by atoms with Gasteiger partial charge in [0.1, 0.15) is 12.4 Å². The number of hydrogen-bond acceptors (Lipinski definition) is 4. The van der Waals surface area contributed by atoms with Crippen molar-refractivity contribution in [1.82, 2.24) is 5.32 Å². The number of benzene rings is 3. The van der Waals surface area contributed by atoms with Gasteiger partial charge in [0, 0.05) is 23.1 Å². The standard InChI is InChI=1S/C24H24ClFN2O3S2/c1-18-11-12-20(15-22(18)25)28(33(30,31)21-8-3-2-4-9-21)16-24(29)27-13-14-32-17-19-7-5-6-10-23(19)26/h2-12,15H,13-14,16-17H2,1H3,(H,27,29). The van der Waals surface area contributed by atoms with Crippen molar-refractivity contribution in [2.24, 2.45) is 0 Å². The molecule has 3 aromatic carbocycles. The Balaban J connectivity index is 1.66. The molecule has 1 N–H and O–H groups in total. The second kappa shape index (κ2) is 11.5. The molecule has 0 unspecified atom stereocenters. The maximum atomic E-state index is 13.7. The monoisotopic (exact) mass is 506 g/mol. The molecule has 0 bridgehead atoms. The Morgan fingerprint density at radius 2 is 1.76 bits per heavy atom. The molecule has 0 saturated carbocycles. The molecular weight excluding hydrogens is 483 g/mol. The number of thioether (sulfide) groups is 1. The molecule has 0 saturated heterocycles. The summed E-state index contributed by atoms with van der Waals surface area (Å²) in [6, 6.07) is 19.4. The van der Waals surface area contributed by atoms with Gasteiger partial charge in [-0.2, -0.15) is 11.8 Å². The summed E-state index contributed by atoms with van der Waals surface area (Å²) in [5.41, 5.74) is 1.71. The van der Waals surface area contributed by atoms with Crippen molar-refractivity contribution in [3.05, 3.63) is 94.8 Å². The molecule has 0 spiro atoms. The molecule has 1 amide bonds. The SMILES string of the molecule is Cc1ccc(N(CC(=O)NCCSCc2ccccc2F)S(=O)(=O)c2ccccc2)cc1Cl. The zero-order chi connectivity index (χ0) is 23.8. The van der Waals surface area contributed by atoms with Crippen molar-refractivity contribution in [1.29, 1.82) is 0 Å². The van der Waals surface area contributed by atoms with Gasteiger partial charge in [-0.05, 0) is 48.4 Å². The van der Waals surface area contributed by atoms with Gasteiger partial charge >= 0.3 is 0 Å². The molecule has 33 heavy (non-hydrogen) atoms. The summed E-state index contributed by atoms with van der Waals surface area (Å²) >= 11 is 7.70. The van der Waals surface area contributed by atoms with Crippen LogP contribution in [0.25, 0.3) is 0 Å². The second-order valence-corrected chi connectivity index (χ2v) is 10.6. The first-order valence-corrected chi connectivity index (χ1v) is 13.2. The van der Waals surface area contributed by atoms with Gasteiger partial charge in [0.2, 0.25) is 5.91 Å². The Kier molecular flexibility index (Phi) is 8.77. The third-order valence-electron chi connectivity index (χ3n) is 4.85. The van der Waals surface area contributed by atoms with E-state index in [1.807, 2.05) is 6.92 Å². The van der Waals surface area contributed by atoms with Crippen LogP contribution in [0.1, 0.15) is 11.1 Å². The summed E-state index contributed by atoms with van der Waals surface area (Å²) in [5, 5.41) is 3.15. The Morgan fingerprint density at radius 3 is 2.45 bits per heavy atom. The summed E-state index contributed by atoms with van der Waals surface area (Å²) in [7, 11) is -3.99. The number of carbonyl (C=O) groups excluding carboxylic acids is 1. The van der Waals surface area contributed by atoms with Crippen molar-refractivity contribution in [3.8, 4) is 0 Å². The molecule has 9 heteroatoms. The van der Waals surface area contributed by atoms with Crippen LogP contribution < -0.4 is 9.62 Å². The molecule has 0 radical (unpaired) electrons. The first-order chi connectivity index (χ1) is 15.8. The predicted octanol–water partition coefficient (Wildman–Crippen LogP) is 5.03. The zero-order valence-corrected chi connectivity index (χ0v) is 20.4. The van der Waals surface area contributed by atoms with Gasteiger partial charge in [-0.1, -0.05) is 54.1 Å². The number of rotatable bonds is 10. The Bertz CT molecular complexity index is 1210. The van der Waals surface area contributed by atoms with E-state index in [1.165, 1.54) is 36.0 Å². The number of aryl methyl sites for hydroxylation is 1. The smallest absolute Gasteiger partial charge is 0.264 e. The van der Waals surface area contributed by atoms with E-state index >= 15 is 0 Å². The number of amides is 1. The number of nitrogens with zero attached hydrogens (tertiary/aromatic N) is 1. The highest BCUT2D eigenvalue weighted by Gasteiger charge is 2.27. The molecule has 0 aliphatic rings. The molecule has 174 valence electrons. The van der Waals surface area contributed by atoms with Gasteiger partial charge in [0.25, 0.3) is 10.0 Å². The van der Waals surface area contributed by atoms with E-state index in [1.54, 1.807) is 48.5 Å². The molecule has 3 rings (SSSR count). The summed E-state index contributed by atoms with van der Waals surface area (Å²) in [4.78, 5) is 12.7. The van der Waals surface area contributed by atoms with Crippen LogP contribution >= 0.6 is 23.4 Å². The van der Waals surface area contributed by atoms with Crippen LogP contribution in [0, 0.1) is 12.7 Å². The van der Waals surface area contributed by atoms with Gasteiger partial charge in [-0.25, -0.2) is 12.8 Å². The maximum Gasteiger partial charge on any atom is 0.264 e. The number of halogens is 2. The molecule has 5 nitrogen and oxygen atoms in total. The number of sulfonamides is 1. The Morgan fingerprint density at radius 1 is 1.06 bits per heavy atom. The first-order valence-electron chi connectivity index (χ1n) is 10.2. The van der Waals surface area contributed by atoms with Gasteiger partial charge in [-0.15, -0.1) is 0 Å². The fraction of sp³-hybridized carbons (Fsp3) is 0.208. The lowest BCUT2D eigenvalue weighted by molar-refractivity contribution is -0.119. The highest BCUT2D eigenvalue weighted by Crippen LogP contribution is 2.28. The second-order valence-electron chi connectivity index (χ2n) is 7.25. The topological polar surface area (TPSA) is 66.5 Å². The summed E-state index contributed by atoms with van der Waals surface area (Å²) < 4.78 is 41.3. The molecule has 3 aromatic rings. The third-order valence-corrected chi connectivity index (χ3v) is 8.05. The van der Waals surface area contributed by atoms with Crippen LogP contribution in [-0.2, 0) is 20.6 Å². The minimum Gasteiger partial charge on any atom is -0.354 e. The fourth-order valence-electron chi connectivity index (χ4n) is 3.02. The van der Waals surface area contributed by atoms with Crippen molar-refractivity contribution < 1.29 is 17.6 Å². The predicted molar refractivity (Wildman–Crippen MR) is 133 cm³/mol. The van der Waals surface area contributed by atoms with Gasteiger partial charge in [-0.3, -0.25) is 9.10 Å². The average molecular weight is 507 g/mol. The molecule has 0 aromatic heterocycles. The van der Waals surface area contributed by atoms with Crippen LogP contribution in [0.3, 0.4) is 0 Å². The number of nitrogens with one attached hydrogen (secondary N) is 1. The molecule has 0 aliphatic carbocycles. The number of carbonyl (C=O) groups is 1. The first kappa shape index (κ1) is 25.1. The average Bonchev–Trinajstić information content (AvgIpc) is 2.81. The minimum atomic E-state index is -3.99. The number of anilines is 1. The Hall–Kier alpha value is -2.55. The van der Waals surface area contributed by atoms with E-state index in [2.05, 4.69) is 5.32 Å². The quantitative estimate of drug-likeness (QED) is 0.391. The molecule has 0 heterocycles. The van der Waals surface area contributed by atoms with Crippen LogP contribution in [0.5, 0.6) is 0 Å². The van der Waals surface area contributed by atoms with Gasteiger partial charge in [0.15, 0.2) is 0 Å². The molecule has 0 aliphatic heterocycles. The molecule has 0 fully saturated rings. The highest BCUT2D eigenvalue weighted by atomic mass is 35.5. The lowest BCUT2D eigenvalue weighted by Crippen LogP contribution is -2.41. The minimum absolute atomic E-state index is 0.0786. The summed E-state index contributed by atoms with van der Waals surface area (Å²) in [6.07, 6.45) is 0. The lowest BCUT2D eigenvalue weighted by atomic mass is 10.2. The largest absolute Gasteiger partial charge is 0.354 e. The van der Waals surface area contributed by atoms with E-state index < -0.39 is 22.5 Å². The number of hydrogen-bond donors (Lipinski definition) is 1. The van der Waals surface area contributed by atoms with Crippen molar-refractivity contribution in [3.63, 3.8) is 0 Å². The Labute approximate surface area is 203 Å². The van der Waals surface area contributed by atoms with Crippen molar-refractivity contribution in [2.45, 2.75) is 17.6 Å². The van der Waals surface area contributed by atoms with Crippen LogP contribution in [0.2, 0.25) is 5.02 Å². The zero-order valence-electron chi connectivity index (χ0n) is 18.0. The van der Waals surface area contributed by atoms with Gasteiger partial charge in [0.05, 0.1) is 10.6 Å². The normalized spacial score (nSPS) is 11.2. The highest BCUT2D eigenvalue weighted by molar-refractivity contribution is 7.98. The lowest BCUT2D eigenvalue weighted by Gasteiger charge is -2.24. The van der Waals surface area contributed by atoms with Gasteiger partial charge < -0.3 is 5.32 Å². The molecule has 0 atom stereocenters. The van der Waals surface area contributed by atoms with E-state index in [-0.39, 0.29) is 10.7 Å². The summed E-state index contributed by atoms with van der Waals surface area (Å²) in [6.45, 7) is 1.74. The van der Waals surface area contributed by atoms with E-state index in [9.17, 15) is 17.6 Å². The van der Waals surface area contributed by atoms with Crippen LogP contribution in [0.4, 0.5) is 10.1 Å². The maximum absolute atomic E-state index is 13.7. The van der Waals surface area contributed by atoms with E-state index in [0.29, 0.717) is 34.3 Å². The fourth-order valence-corrected chi connectivity index (χ4v) is 5.47. The van der Waals surface area contributed by atoms with Crippen molar-refractivity contribution in [2.75, 3.05) is 23.1 Å². The van der Waals surface area contributed by atoms with Crippen molar-refractivity contribution >= 4 is 45.0 Å². The van der Waals surface area contributed by atoms with E-state index in [4.69, 9.17) is 11.6 Å². The third kappa shape index (κ3) is 6.72. The summed E-state index contributed by atoms with van der Waals surface area (Å²) in [5.74, 6) is 0.339. The van der Waals surface area contributed by atoms with Crippen LogP contribution in [0.15, 0.2) is 77.7 Å². The molecular formula is C24H24ClFN2O3S2.